The molecular formula is C9H9ClN2O. The van der Waals surface area contributed by atoms with Gasteiger partial charge in [0.15, 0.2) is 0 Å². The van der Waals surface area contributed by atoms with Crippen LogP contribution in [0.5, 0.6) is 0 Å². The maximum absolute atomic E-state index is 5.72. The molecule has 0 saturated heterocycles. The molecule has 0 saturated carbocycles. The highest BCUT2D eigenvalue weighted by atomic mass is 35.5. The predicted molar refractivity (Wildman–Crippen MR) is 54.8 cm³/mol. The molecule has 2 rings (SSSR count). The van der Waals surface area contributed by atoms with Crippen molar-refractivity contribution in [1.82, 2.24) is 4.98 Å². The lowest BCUT2D eigenvalue weighted by molar-refractivity contribution is 0.824. The molecule has 1 aromatic heterocycles. The van der Waals surface area contributed by atoms with E-state index >= 15 is 0 Å². The molecule has 13 heavy (non-hydrogen) atoms. The Morgan fingerprint density at radius 2 is 1.85 bits per heavy atom. The highest BCUT2D eigenvalue weighted by Crippen LogP contribution is 2.17. The number of rotatable bonds is 0. The molecule has 0 amide bonds. The summed E-state index contributed by atoms with van der Waals surface area (Å²) in [6.07, 6.45) is 0. The average molecular weight is 197 g/mol. The van der Waals surface area contributed by atoms with E-state index in [0.29, 0.717) is 10.8 Å². The Kier molecular flexibility index (Phi) is 2.70. The number of nitrogens with two attached hydrogens (primary N) is 1. The third-order valence-corrected chi connectivity index (χ3v) is 1.89. The van der Waals surface area contributed by atoms with Crippen LogP contribution in [0.3, 0.4) is 0 Å². The Morgan fingerprint density at radius 1 is 1.15 bits per heavy atom. The SMILES string of the molecule is Nc1ccc2ccc(Cl)nc2c1.O. The molecule has 0 spiro atoms. The summed E-state index contributed by atoms with van der Waals surface area (Å²) < 4.78 is 0. The second-order valence-corrected chi connectivity index (χ2v) is 2.97. The molecule has 0 unspecified atom stereocenters. The van der Waals surface area contributed by atoms with E-state index in [2.05, 4.69) is 4.98 Å². The van der Waals surface area contributed by atoms with E-state index < -0.39 is 0 Å². The lowest BCUT2D eigenvalue weighted by Gasteiger charge is -1.98. The van der Waals surface area contributed by atoms with Gasteiger partial charge in [-0.15, -0.1) is 0 Å². The number of fused-ring (bicyclic) bond motifs is 1. The number of aromatic nitrogens is 1. The van der Waals surface area contributed by atoms with Crippen LogP contribution in [0.15, 0.2) is 30.3 Å². The fourth-order valence-electron chi connectivity index (χ4n) is 1.11. The van der Waals surface area contributed by atoms with E-state index in [9.17, 15) is 0 Å². The highest BCUT2D eigenvalue weighted by Gasteiger charge is 1.95. The maximum atomic E-state index is 5.72. The summed E-state index contributed by atoms with van der Waals surface area (Å²) in [7, 11) is 0. The minimum atomic E-state index is 0. The van der Waals surface area contributed by atoms with Gasteiger partial charge >= 0.3 is 0 Å². The number of nitrogens with zero attached hydrogens (tertiary/aromatic N) is 1. The number of hydrogen-bond donors (Lipinski definition) is 1. The van der Waals surface area contributed by atoms with Gasteiger partial charge in [0.2, 0.25) is 0 Å². The number of hydrogen-bond acceptors (Lipinski definition) is 2. The van der Waals surface area contributed by atoms with Crippen molar-refractivity contribution < 1.29 is 5.48 Å². The molecule has 68 valence electrons. The maximum Gasteiger partial charge on any atom is 0.129 e. The van der Waals surface area contributed by atoms with Crippen molar-refractivity contribution in [2.24, 2.45) is 0 Å². The fourth-order valence-corrected chi connectivity index (χ4v) is 1.26. The number of halogens is 1. The van der Waals surface area contributed by atoms with Crippen LogP contribution in [0, 0.1) is 0 Å². The lowest BCUT2D eigenvalue weighted by atomic mass is 10.2. The van der Waals surface area contributed by atoms with Gasteiger partial charge in [-0.25, -0.2) is 4.98 Å². The first-order valence-electron chi connectivity index (χ1n) is 3.57. The lowest BCUT2D eigenvalue weighted by Crippen LogP contribution is -1.85. The monoisotopic (exact) mass is 196 g/mol. The van der Waals surface area contributed by atoms with Crippen LogP contribution in [-0.4, -0.2) is 10.5 Å². The Bertz CT molecular complexity index is 394. The van der Waals surface area contributed by atoms with Crippen LogP contribution in [-0.2, 0) is 0 Å². The molecule has 0 atom stereocenters. The molecule has 0 aliphatic carbocycles. The quantitative estimate of drug-likeness (QED) is 0.514. The summed E-state index contributed by atoms with van der Waals surface area (Å²) in [5.74, 6) is 0. The molecule has 4 N–H and O–H groups in total. The standard InChI is InChI=1S/C9H7ClN2.H2O/c10-9-4-2-6-1-3-7(11)5-8(6)12-9;/h1-5H,11H2;1H2. The summed E-state index contributed by atoms with van der Waals surface area (Å²) in [5, 5.41) is 1.54. The zero-order chi connectivity index (χ0) is 8.55. The minimum Gasteiger partial charge on any atom is -0.412 e. The van der Waals surface area contributed by atoms with Crippen molar-refractivity contribution in [3.63, 3.8) is 0 Å². The molecule has 3 nitrogen and oxygen atoms in total. The first kappa shape index (κ1) is 9.77. The van der Waals surface area contributed by atoms with Gasteiger partial charge in [0.1, 0.15) is 5.15 Å². The first-order valence-corrected chi connectivity index (χ1v) is 3.95. The van der Waals surface area contributed by atoms with E-state index in [1.54, 1.807) is 12.1 Å². The molecule has 0 aliphatic heterocycles. The number of anilines is 1. The summed E-state index contributed by atoms with van der Waals surface area (Å²) in [5.41, 5.74) is 7.13. The third-order valence-electron chi connectivity index (χ3n) is 1.68. The van der Waals surface area contributed by atoms with Gasteiger partial charge in [-0.05, 0) is 24.3 Å². The van der Waals surface area contributed by atoms with Crippen molar-refractivity contribution in [2.75, 3.05) is 5.73 Å². The predicted octanol–water partition coefficient (Wildman–Crippen LogP) is 1.65. The summed E-state index contributed by atoms with van der Waals surface area (Å²) in [4.78, 5) is 4.12. The third kappa shape index (κ3) is 1.88. The van der Waals surface area contributed by atoms with Crippen molar-refractivity contribution in [1.29, 1.82) is 0 Å². The second kappa shape index (κ2) is 3.60. The van der Waals surface area contributed by atoms with Gasteiger partial charge in [-0.3, -0.25) is 0 Å². The Hall–Kier alpha value is -1.32. The molecule has 1 heterocycles. The van der Waals surface area contributed by atoms with E-state index in [1.165, 1.54) is 0 Å². The Balaban J connectivity index is 0.000000845. The molecule has 0 aliphatic rings. The highest BCUT2D eigenvalue weighted by molar-refractivity contribution is 6.29. The van der Waals surface area contributed by atoms with E-state index in [4.69, 9.17) is 17.3 Å². The number of benzene rings is 1. The Morgan fingerprint density at radius 3 is 2.62 bits per heavy atom. The van der Waals surface area contributed by atoms with Crippen LogP contribution < -0.4 is 5.73 Å². The van der Waals surface area contributed by atoms with Gasteiger partial charge in [0, 0.05) is 11.1 Å². The van der Waals surface area contributed by atoms with Crippen LogP contribution >= 0.6 is 11.6 Å². The van der Waals surface area contributed by atoms with Crippen LogP contribution in [0.2, 0.25) is 5.15 Å². The second-order valence-electron chi connectivity index (χ2n) is 2.59. The molecule has 0 fully saturated rings. The number of nitrogen functional groups attached to an aromatic ring is 1. The van der Waals surface area contributed by atoms with E-state index in [1.807, 2.05) is 18.2 Å². The fraction of sp³-hybridized carbons (Fsp3) is 0. The molecule has 0 radical (unpaired) electrons. The summed E-state index contributed by atoms with van der Waals surface area (Å²) in [6.45, 7) is 0. The van der Waals surface area contributed by atoms with Gasteiger partial charge in [-0.2, -0.15) is 0 Å². The smallest absolute Gasteiger partial charge is 0.129 e. The van der Waals surface area contributed by atoms with Crippen molar-refractivity contribution in [3.8, 4) is 0 Å². The van der Waals surface area contributed by atoms with Gasteiger partial charge in [0.05, 0.1) is 5.52 Å². The molecular weight excluding hydrogens is 188 g/mol. The first-order chi connectivity index (χ1) is 5.75. The minimum absolute atomic E-state index is 0. The molecule has 0 bridgehead atoms. The van der Waals surface area contributed by atoms with Gasteiger partial charge in [0.25, 0.3) is 0 Å². The molecule has 2 aromatic rings. The van der Waals surface area contributed by atoms with E-state index in [-0.39, 0.29) is 5.48 Å². The van der Waals surface area contributed by atoms with Crippen LogP contribution in [0.1, 0.15) is 0 Å². The zero-order valence-corrected chi connectivity index (χ0v) is 7.55. The van der Waals surface area contributed by atoms with E-state index in [0.717, 1.165) is 10.9 Å². The topological polar surface area (TPSA) is 70.4 Å². The van der Waals surface area contributed by atoms with Gasteiger partial charge < -0.3 is 11.2 Å². The zero-order valence-electron chi connectivity index (χ0n) is 6.79. The Labute approximate surface area is 80.5 Å². The van der Waals surface area contributed by atoms with Crippen molar-refractivity contribution in [3.05, 3.63) is 35.5 Å². The van der Waals surface area contributed by atoms with Crippen LogP contribution in [0.4, 0.5) is 5.69 Å². The normalized spacial score (nSPS) is 9.62. The molecule has 4 heteroatoms. The van der Waals surface area contributed by atoms with Crippen molar-refractivity contribution in [2.45, 2.75) is 0 Å². The number of pyridine rings is 1. The van der Waals surface area contributed by atoms with Gasteiger partial charge in [-0.1, -0.05) is 17.7 Å². The van der Waals surface area contributed by atoms with Crippen LogP contribution in [0.25, 0.3) is 10.9 Å². The summed E-state index contributed by atoms with van der Waals surface area (Å²) in [6, 6.07) is 9.26. The average Bonchev–Trinajstić information content (AvgIpc) is 2.03. The molecule has 1 aromatic carbocycles. The largest absolute Gasteiger partial charge is 0.412 e. The van der Waals surface area contributed by atoms with Crippen molar-refractivity contribution >= 4 is 28.2 Å². The summed E-state index contributed by atoms with van der Waals surface area (Å²) >= 11 is 5.72.